The van der Waals surface area contributed by atoms with Gasteiger partial charge in [0.1, 0.15) is 12.1 Å². The van der Waals surface area contributed by atoms with Crippen molar-refractivity contribution in [1.29, 1.82) is 0 Å². The zero-order valence-corrected chi connectivity index (χ0v) is 7.73. The van der Waals surface area contributed by atoms with Crippen LogP contribution in [0, 0.1) is 11.8 Å². The van der Waals surface area contributed by atoms with Crippen LogP contribution < -0.4 is 5.73 Å². The van der Waals surface area contributed by atoms with Crippen LogP contribution in [0.2, 0.25) is 0 Å². The van der Waals surface area contributed by atoms with Crippen LogP contribution in [0.1, 0.15) is 22.3 Å². The van der Waals surface area contributed by atoms with E-state index in [-0.39, 0.29) is 17.8 Å². The largest absolute Gasteiger partial charge is 0.478 e. The summed E-state index contributed by atoms with van der Waals surface area (Å²) >= 11 is 0. The van der Waals surface area contributed by atoms with Crippen molar-refractivity contribution in [2.45, 2.75) is 6.42 Å². The number of pyridine rings is 1. The van der Waals surface area contributed by atoms with Crippen LogP contribution in [-0.2, 0) is 4.79 Å². The number of carboxylic acid groups (broad SMARTS) is 1. The number of aromatic nitrogens is 1. The maximum atomic E-state index is 10.6. The number of nitrogens with zero attached hydrogens (tertiary/aromatic N) is 1. The molecule has 0 radical (unpaired) electrons. The first-order valence-corrected chi connectivity index (χ1v) is 4.06. The third-order valence-electron chi connectivity index (χ3n) is 1.57. The second-order valence-corrected chi connectivity index (χ2v) is 2.63. The summed E-state index contributed by atoms with van der Waals surface area (Å²) < 4.78 is 0. The summed E-state index contributed by atoms with van der Waals surface area (Å²) in [5, 5.41) is 8.69. The first kappa shape index (κ1) is 10.7. The number of anilines is 1. The Labute approximate surface area is 85.9 Å². The fourth-order valence-corrected chi connectivity index (χ4v) is 0.880. The highest BCUT2D eigenvalue weighted by Gasteiger charge is 2.05. The summed E-state index contributed by atoms with van der Waals surface area (Å²) in [5.74, 6) is 4.16. The number of rotatable bonds is 2. The smallest absolute Gasteiger partial charge is 0.337 e. The number of aromatic carboxylic acids is 1. The van der Waals surface area contributed by atoms with E-state index in [1.165, 1.54) is 6.07 Å². The van der Waals surface area contributed by atoms with Crippen LogP contribution in [-0.4, -0.2) is 22.3 Å². The molecule has 0 aliphatic rings. The lowest BCUT2D eigenvalue weighted by Crippen LogP contribution is -2.01. The molecule has 0 atom stereocenters. The van der Waals surface area contributed by atoms with Gasteiger partial charge in [0.05, 0.1) is 17.5 Å². The van der Waals surface area contributed by atoms with Crippen LogP contribution in [0.4, 0.5) is 5.82 Å². The van der Waals surface area contributed by atoms with Gasteiger partial charge in [-0.3, -0.25) is 0 Å². The topological polar surface area (TPSA) is 93.3 Å². The van der Waals surface area contributed by atoms with Crippen molar-refractivity contribution in [3.8, 4) is 11.8 Å². The predicted octanol–water partition coefficient (Wildman–Crippen LogP) is 0.303. The van der Waals surface area contributed by atoms with Gasteiger partial charge in [0.15, 0.2) is 0 Å². The van der Waals surface area contributed by atoms with Gasteiger partial charge in [-0.2, -0.15) is 0 Å². The van der Waals surface area contributed by atoms with Crippen LogP contribution in [0.3, 0.4) is 0 Å². The molecule has 5 heteroatoms. The molecule has 76 valence electrons. The number of hydrogen-bond donors (Lipinski definition) is 2. The third kappa shape index (κ3) is 2.81. The zero-order chi connectivity index (χ0) is 11.3. The van der Waals surface area contributed by atoms with E-state index < -0.39 is 5.97 Å². The Morgan fingerprint density at radius 2 is 2.40 bits per heavy atom. The maximum absolute atomic E-state index is 10.6. The highest BCUT2D eigenvalue weighted by molar-refractivity contribution is 5.88. The molecule has 15 heavy (non-hydrogen) atoms. The van der Waals surface area contributed by atoms with Crippen LogP contribution >= 0.6 is 0 Å². The van der Waals surface area contributed by atoms with Crippen LogP contribution in [0.5, 0.6) is 0 Å². The van der Waals surface area contributed by atoms with Gasteiger partial charge in [-0.15, -0.1) is 0 Å². The minimum atomic E-state index is -1.10. The maximum Gasteiger partial charge on any atom is 0.337 e. The minimum absolute atomic E-state index is 0.0135. The van der Waals surface area contributed by atoms with Crippen LogP contribution in [0.15, 0.2) is 12.3 Å². The van der Waals surface area contributed by atoms with E-state index >= 15 is 0 Å². The summed E-state index contributed by atoms with van der Waals surface area (Å²) in [7, 11) is 0. The zero-order valence-electron chi connectivity index (χ0n) is 7.73. The molecule has 0 aliphatic heterocycles. The monoisotopic (exact) mass is 204 g/mol. The Kier molecular flexibility index (Phi) is 3.41. The van der Waals surface area contributed by atoms with E-state index in [0.717, 1.165) is 6.20 Å². The Morgan fingerprint density at radius 3 is 3.00 bits per heavy atom. The van der Waals surface area contributed by atoms with E-state index in [0.29, 0.717) is 11.8 Å². The van der Waals surface area contributed by atoms with Crippen molar-refractivity contribution in [3.63, 3.8) is 0 Å². The molecule has 0 saturated carbocycles. The fourth-order valence-electron chi connectivity index (χ4n) is 0.880. The second kappa shape index (κ2) is 4.77. The van der Waals surface area contributed by atoms with Crippen molar-refractivity contribution in [2.75, 3.05) is 5.73 Å². The summed E-state index contributed by atoms with van der Waals surface area (Å²) in [4.78, 5) is 24.3. The third-order valence-corrected chi connectivity index (χ3v) is 1.57. The lowest BCUT2D eigenvalue weighted by Gasteiger charge is -1.98. The number of aldehydes is 1. The van der Waals surface area contributed by atoms with Crippen molar-refractivity contribution < 1.29 is 14.7 Å². The minimum Gasteiger partial charge on any atom is -0.478 e. The number of carboxylic acids is 1. The molecule has 0 amide bonds. The van der Waals surface area contributed by atoms with Gasteiger partial charge in [0, 0.05) is 6.20 Å². The molecule has 0 aliphatic carbocycles. The van der Waals surface area contributed by atoms with Gasteiger partial charge in [-0.1, -0.05) is 11.8 Å². The Morgan fingerprint density at radius 1 is 1.67 bits per heavy atom. The average Bonchev–Trinajstić information content (AvgIpc) is 2.20. The predicted molar refractivity (Wildman–Crippen MR) is 53.2 cm³/mol. The van der Waals surface area contributed by atoms with Gasteiger partial charge in [0.25, 0.3) is 0 Å². The fraction of sp³-hybridized carbons (Fsp3) is 0.100. The van der Waals surface area contributed by atoms with Crippen LogP contribution in [0.25, 0.3) is 0 Å². The molecule has 1 rings (SSSR count). The summed E-state index contributed by atoms with van der Waals surface area (Å²) in [6, 6.07) is 1.32. The molecule has 3 N–H and O–H groups in total. The van der Waals surface area contributed by atoms with E-state index in [2.05, 4.69) is 16.8 Å². The van der Waals surface area contributed by atoms with Gasteiger partial charge >= 0.3 is 5.97 Å². The van der Waals surface area contributed by atoms with Crippen molar-refractivity contribution >= 4 is 18.1 Å². The number of carbonyl (C=O) groups excluding carboxylic acids is 1. The van der Waals surface area contributed by atoms with Gasteiger partial charge in [-0.05, 0) is 6.07 Å². The highest BCUT2D eigenvalue weighted by atomic mass is 16.4. The normalized spacial score (nSPS) is 8.80. The van der Waals surface area contributed by atoms with Crippen molar-refractivity contribution in [1.82, 2.24) is 4.98 Å². The van der Waals surface area contributed by atoms with E-state index in [1.54, 1.807) is 0 Å². The lowest BCUT2D eigenvalue weighted by atomic mass is 10.2. The molecule has 0 aromatic carbocycles. The summed E-state index contributed by atoms with van der Waals surface area (Å²) in [6.45, 7) is 0. The molecule has 0 spiro atoms. The highest BCUT2D eigenvalue weighted by Crippen LogP contribution is 2.09. The summed E-state index contributed by atoms with van der Waals surface area (Å²) in [5.41, 5.74) is 5.81. The standard InChI is InChI=1S/C10H8N2O3/c11-9-7(3-1-2-4-13)5-8(6-12-9)10(14)15/h4-6H,2H2,(H2,11,12)(H,14,15). The molecule has 5 nitrogen and oxygen atoms in total. The quantitative estimate of drug-likeness (QED) is 0.534. The first-order valence-electron chi connectivity index (χ1n) is 4.06. The molecular formula is C10H8N2O3. The van der Waals surface area contributed by atoms with E-state index in [4.69, 9.17) is 10.8 Å². The Balaban J connectivity index is 3.07. The molecule has 0 fully saturated rings. The first-order chi connectivity index (χ1) is 7.15. The van der Waals surface area contributed by atoms with Gasteiger partial charge in [0.2, 0.25) is 0 Å². The lowest BCUT2D eigenvalue weighted by molar-refractivity contribution is -0.107. The summed E-state index contributed by atoms with van der Waals surface area (Å²) in [6.07, 6.45) is 1.89. The van der Waals surface area contributed by atoms with E-state index in [9.17, 15) is 9.59 Å². The number of nitrogen functional groups attached to an aromatic ring is 1. The molecule has 1 aromatic rings. The number of nitrogens with two attached hydrogens (primary N) is 1. The molecule has 1 heterocycles. The molecule has 0 unspecified atom stereocenters. The number of carbonyl (C=O) groups is 2. The SMILES string of the molecule is Nc1ncc(C(=O)O)cc1C#CCC=O. The van der Waals surface area contributed by atoms with Crippen molar-refractivity contribution in [3.05, 3.63) is 23.4 Å². The van der Waals surface area contributed by atoms with Crippen molar-refractivity contribution in [2.24, 2.45) is 0 Å². The van der Waals surface area contributed by atoms with Gasteiger partial charge < -0.3 is 15.6 Å². The molecule has 0 bridgehead atoms. The molecule has 1 aromatic heterocycles. The average molecular weight is 204 g/mol. The molecule has 0 saturated heterocycles. The van der Waals surface area contributed by atoms with E-state index in [1.807, 2.05) is 0 Å². The Bertz CT molecular complexity index is 457. The molecular weight excluding hydrogens is 196 g/mol. The van der Waals surface area contributed by atoms with Gasteiger partial charge in [-0.25, -0.2) is 9.78 Å². The Hall–Kier alpha value is -2.35. The number of hydrogen-bond acceptors (Lipinski definition) is 4. The second-order valence-electron chi connectivity index (χ2n) is 2.63.